The lowest BCUT2D eigenvalue weighted by molar-refractivity contribution is -0.147. The van der Waals surface area contributed by atoms with Crippen LogP contribution in [0.4, 0.5) is 0 Å². The van der Waals surface area contributed by atoms with Crippen LogP contribution in [0.1, 0.15) is 12.0 Å². The Labute approximate surface area is 105 Å². The van der Waals surface area contributed by atoms with Crippen LogP contribution in [0.25, 0.3) is 0 Å². The first-order valence-electron chi connectivity index (χ1n) is 5.45. The second-order valence-corrected chi connectivity index (χ2v) is 3.88. The molecule has 5 N–H and O–H groups in total. The summed E-state index contributed by atoms with van der Waals surface area (Å²) in [5.41, 5.74) is 11.6. The van der Waals surface area contributed by atoms with Crippen LogP contribution < -0.4 is 11.5 Å². The molecule has 6 heteroatoms. The van der Waals surface area contributed by atoms with Crippen LogP contribution in [0.15, 0.2) is 30.3 Å². The fourth-order valence-corrected chi connectivity index (χ4v) is 1.31. The molecular weight excluding hydrogens is 236 g/mol. The molecule has 0 aromatic heterocycles. The Hall–Kier alpha value is -1.92. The number of aliphatic carboxylic acids is 1. The van der Waals surface area contributed by atoms with Crippen LogP contribution in [-0.2, 0) is 20.9 Å². The fourth-order valence-electron chi connectivity index (χ4n) is 1.31. The SMILES string of the molecule is N[C@H](C[C@H](N)C(=O)O)C(=O)OCc1ccccc1. The second kappa shape index (κ2) is 6.73. The molecule has 0 unspecified atom stereocenters. The van der Waals surface area contributed by atoms with Gasteiger partial charge in [0.15, 0.2) is 0 Å². The zero-order valence-corrected chi connectivity index (χ0v) is 9.78. The molecule has 0 spiro atoms. The van der Waals surface area contributed by atoms with Crippen molar-refractivity contribution >= 4 is 11.9 Å². The molecule has 0 aliphatic carbocycles. The van der Waals surface area contributed by atoms with Gasteiger partial charge < -0.3 is 21.3 Å². The van der Waals surface area contributed by atoms with Gasteiger partial charge in [-0.1, -0.05) is 30.3 Å². The summed E-state index contributed by atoms with van der Waals surface area (Å²) in [4.78, 5) is 22.0. The molecule has 0 saturated heterocycles. The van der Waals surface area contributed by atoms with E-state index in [1.165, 1.54) is 0 Å². The number of rotatable bonds is 6. The average molecular weight is 252 g/mol. The smallest absolute Gasteiger partial charge is 0.323 e. The van der Waals surface area contributed by atoms with Crippen LogP contribution in [0, 0.1) is 0 Å². The summed E-state index contributed by atoms with van der Waals surface area (Å²) in [6.45, 7) is 0.107. The molecule has 2 atom stereocenters. The topological polar surface area (TPSA) is 116 Å². The van der Waals surface area contributed by atoms with Crippen molar-refractivity contribution in [1.29, 1.82) is 0 Å². The van der Waals surface area contributed by atoms with Gasteiger partial charge in [0, 0.05) is 0 Å². The second-order valence-electron chi connectivity index (χ2n) is 3.88. The summed E-state index contributed by atoms with van der Waals surface area (Å²) in [7, 11) is 0. The van der Waals surface area contributed by atoms with Gasteiger partial charge in [0.25, 0.3) is 0 Å². The van der Waals surface area contributed by atoms with E-state index in [1.54, 1.807) is 0 Å². The molecule has 0 fully saturated rings. The predicted octanol–water partition coefficient (Wildman–Crippen LogP) is -0.141. The highest BCUT2D eigenvalue weighted by Gasteiger charge is 2.22. The van der Waals surface area contributed by atoms with Crippen LogP contribution in [-0.4, -0.2) is 29.1 Å². The zero-order valence-electron chi connectivity index (χ0n) is 9.78. The van der Waals surface area contributed by atoms with Gasteiger partial charge >= 0.3 is 11.9 Å². The summed E-state index contributed by atoms with van der Waals surface area (Å²) in [5.74, 6) is -1.85. The Morgan fingerprint density at radius 3 is 2.33 bits per heavy atom. The van der Waals surface area contributed by atoms with Crippen molar-refractivity contribution in [2.24, 2.45) is 11.5 Å². The first kappa shape index (κ1) is 14.1. The summed E-state index contributed by atoms with van der Waals surface area (Å²) in [6.07, 6.45) is -0.150. The van der Waals surface area contributed by atoms with Crippen molar-refractivity contribution < 1.29 is 19.4 Å². The van der Waals surface area contributed by atoms with Crippen molar-refractivity contribution in [3.8, 4) is 0 Å². The third kappa shape index (κ3) is 4.52. The number of carbonyl (C=O) groups is 2. The van der Waals surface area contributed by atoms with Gasteiger partial charge in [-0.25, -0.2) is 0 Å². The van der Waals surface area contributed by atoms with E-state index in [2.05, 4.69) is 0 Å². The Balaban J connectivity index is 2.39. The highest BCUT2D eigenvalue weighted by Crippen LogP contribution is 2.03. The number of benzene rings is 1. The minimum absolute atomic E-state index is 0.107. The van der Waals surface area contributed by atoms with Crippen LogP contribution in [0.5, 0.6) is 0 Å². The Morgan fingerprint density at radius 1 is 1.17 bits per heavy atom. The monoisotopic (exact) mass is 252 g/mol. The van der Waals surface area contributed by atoms with E-state index in [9.17, 15) is 9.59 Å². The summed E-state index contributed by atoms with van der Waals surface area (Å²) in [5, 5.41) is 8.59. The molecular formula is C12H16N2O4. The first-order chi connectivity index (χ1) is 8.50. The van der Waals surface area contributed by atoms with Gasteiger partial charge in [0.2, 0.25) is 0 Å². The van der Waals surface area contributed by atoms with Crippen LogP contribution in [0.3, 0.4) is 0 Å². The molecule has 6 nitrogen and oxygen atoms in total. The maximum absolute atomic E-state index is 11.5. The standard InChI is InChI=1S/C12H16N2O4/c13-9(11(15)16)6-10(14)12(17)18-7-8-4-2-1-3-5-8/h1-5,9-10H,6-7,13-14H2,(H,15,16)/t9-,10+/m0/s1. The van der Waals surface area contributed by atoms with Gasteiger partial charge in [0.1, 0.15) is 18.7 Å². The first-order valence-corrected chi connectivity index (χ1v) is 5.45. The third-order valence-corrected chi connectivity index (χ3v) is 2.35. The molecule has 18 heavy (non-hydrogen) atoms. The van der Waals surface area contributed by atoms with E-state index < -0.39 is 24.0 Å². The highest BCUT2D eigenvalue weighted by molar-refractivity contribution is 5.78. The van der Waals surface area contributed by atoms with Gasteiger partial charge in [-0.3, -0.25) is 9.59 Å². The van der Waals surface area contributed by atoms with Gasteiger partial charge in [-0.05, 0) is 12.0 Å². The highest BCUT2D eigenvalue weighted by atomic mass is 16.5. The number of carboxylic acid groups (broad SMARTS) is 1. The Morgan fingerprint density at radius 2 is 1.78 bits per heavy atom. The molecule has 0 aliphatic rings. The quantitative estimate of drug-likeness (QED) is 0.607. The Kier molecular flexibility index (Phi) is 5.29. The molecule has 0 heterocycles. The minimum Gasteiger partial charge on any atom is -0.480 e. The van der Waals surface area contributed by atoms with E-state index in [-0.39, 0.29) is 13.0 Å². The van der Waals surface area contributed by atoms with E-state index in [0.717, 1.165) is 5.56 Å². The van der Waals surface area contributed by atoms with E-state index in [1.807, 2.05) is 30.3 Å². The molecule has 0 radical (unpaired) electrons. The summed E-state index contributed by atoms with van der Waals surface area (Å²) < 4.78 is 4.96. The fraction of sp³-hybridized carbons (Fsp3) is 0.333. The third-order valence-electron chi connectivity index (χ3n) is 2.35. The van der Waals surface area contributed by atoms with E-state index >= 15 is 0 Å². The lowest BCUT2D eigenvalue weighted by atomic mass is 10.1. The van der Waals surface area contributed by atoms with Gasteiger partial charge in [-0.2, -0.15) is 0 Å². The molecule has 1 aromatic carbocycles. The summed E-state index contributed by atoms with van der Waals surface area (Å²) >= 11 is 0. The number of hydrogen-bond donors (Lipinski definition) is 3. The predicted molar refractivity (Wildman–Crippen MR) is 64.4 cm³/mol. The maximum Gasteiger partial charge on any atom is 0.323 e. The largest absolute Gasteiger partial charge is 0.480 e. The van der Waals surface area contributed by atoms with E-state index in [0.29, 0.717) is 0 Å². The molecule has 0 aliphatic heterocycles. The molecule has 0 amide bonds. The van der Waals surface area contributed by atoms with Crippen LogP contribution >= 0.6 is 0 Å². The number of esters is 1. The molecule has 0 saturated carbocycles. The number of carbonyl (C=O) groups excluding carboxylic acids is 1. The molecule has 98 valence electrons. The number of ether oxygens (including phenoxy) is 1. The zero-order chi connectivity index (χ0) is 13.5. The van der Waals surface area contributed by atoms with Gasteiger partial charge in [-0.15, -0.1) is 0 Å². The average Bonchev–Trinajstić information content (AvgIpc) is 2.36. The molecule has 1 aromatic rings. The van der Waals surface area contributed by atoms with Crippen molar-refractivity contribution in [2.45, 2.75) is 25.1 Å². The van der Waals surface area contributed by atoms with Crippen molar-refractivity contribution in [3.05, 3.63) is 35.9 Å². The number of carboxylic acids is 1. The van der Waals surface area contributed by atoms with E-state index in [4.69, 9.17) is 21.3 Å². The number of nitrogens with two attached hydrogens (primary N) is 2. The lowest BCUT2D eigenvalue weighted by Crippen LogP contribution is -2.41. The van der Waals surface area contributed by atoms with Gasteiger partial charge in [0.05, 0.1) is 0 Å². The lowest BCUT2D eigenvalue weighted by Gasteiger charge is -2.13. The normalized spacial score (nSPS) is 13.7. The Bertz CT molecular complexity index is 408. The number of hydrogen-bond acceptors (Lipinski definition) is 5. The maximum atomic E-state index is 11.5. The van der Waals surface area contributed by atoms with Crippen molar-refractivity contribution in [2.75, 3.05) is 0 Å². The van der Waals surface area contributed by atoms with Crippen molar-refractivity contribution in [3.63, 3.8) is 0 Å². The van der Waals surface area contributed by atoms with Crippen molar-refractivity contribution in [1.82, 2.24) is 0 Å². The molecule has 1 rings (SSSR count). The van der Waals surface area contributed by atoms with Crippen LogP contribution in [0.2, 0.25) is 0 Å². The summed E-state index contributed by atoms with van der Waals surface area (Å²) in [6, 6.07) is 6.92. The molecule has 0 bridgehead atoms. The minimum atomic E-state index is -1.19.